The van der Waals surface area contributed by atoms with Crippen LogP contribution >= 0.6 is 0 Å². The molecule has 2 rings (SSSR count). The number of benzene rings is 1. The van der Waals surface area contributed by atoms with Gasteiger partial charge < -0.3 is 4.98 Å². The highest BCUT2D eigenvalue weighted by atomic mass is 19.1. The van der Waals surface area contributed by atoms with Crippen molar-refractivity contribution in [1.29, 1.82) is 0 Å². The molecule has 1 aromatic heterocycles. The van der Waals surface area contributed by atoms with E-state index in [0.717, 1.165) is 11.1 Å². The lowest BCUT2D eigenvalue weighted by molar-refractivity contribution is 0.590. The molecule has 0 saturated heterocycles. The lowest BCUT2D eigenvalue weighted by atomic mass is 9.86. The normalized spacial score (nSPS) is 12.3. The second-order valence-corrected chi connectivity index (χ2v) is 4.47. The van der Waals surface area contributed by atoms with Crippen LogP contribution in [0.25, 0.3) is 11.0 Å². The summed E-state index contributed by atoms with van der Waals surface area (Å²) < 4.78 is 13.3. The Bertz CT molecular complexity index is 466. The van der Waals surface area contributed by atoms with Gasteiger partial charge in [0.05, 0.1) is 11.8 Å². The van der Waals surface area contributed by atoms with E-state index >= 15 is 0 Å². The van der Waals surface area contributed by atoms with E-state index in [-0.39, 0.29) is 11.2 Å². The van der Waals surface area contributed by atoms with Crippen LogP contribution in [-0.2, 0) is 5.41 Å². The number of aromatic amines is 1. The first-order chi connectivity index (χ1) is 6.50. The van der Waals surface area contributed by atoms with Crippen LogP contribution in [0.15, 0.2) is 18.5 Å². The molecular formula is C11H13FN2. The highest BCUT2D eigenvalue weighted by molar-refractivity contribution is 5.79. The van der Waals surface area contributed by atoms with Crippen molar-refractivity contribution in [2.75, 3.05) is 0 Å². The van der Waals surface area contributed by atoms with Gasteiger partial charge >= 0.3 is 0 Å². The molecule has 0 aliphatic carbocycles. The molecule has 0 aliphatic rings. The molecule has 1 aromatic carbocycles. The molecule has 0 unspecified atom stereocenters. The maximum atomic E-state index is 13.3. The number of H-pyrrole nitrogens is 1. The highest BCUT2D eigenvalue weighted by Crippen LogP contribution is 2.29. The summed E-state index contributed by atoms with van der Waals surface area (Å²) in [5, 5.41) is 0. The van der Waals surface area contributed by atoms with Crippen molar-refractivity contribution in [2.24, 2.45) is 0 Å². The van der Waals surface area contributed by atoms with E-state index in [0.29, 0.717) is 5.52 Å². The summed E-state index contributed by atoms with van der Waals surface area (Å²) in [6.45, 7) is 6.27. The van der Waals surface area contributed by atoms with Crippen LogP contribution in [0, 0.1) is 5.82 Å². The van der Waals surface area contributed by atoms with E-state index in [1.54, 1.807) is 6.07 Å². The van der Waals surface area contributed by atoms with Crippen LogP contribution < -0.4 is 0 Å². The average molecular weight is 192 g/mol. The molecular weight excluding hydrogens is 179 g/mol. The molecule has 0 aliphatic heterocycles. The maximum Gasteiger partial charge on any atom is 0.148 e. The molecule has 0 saturated carbocycles. The summed E-state index contributed by atoms with van der Waals surface area (Å²) in [7, 11) is 0. The van der Waals surface area contributed by atoms with Crippen LogP contribution in [0.2, 0.25) is 0 Å². The SMILES string of the molecule is CC(C)(C)c1ccc(F)c2[nH]cnc12. The van der Waals surface area contributed by atoms with Gasteiger partial charge in [-0.05, 0) is 17.0 Å². The largest absolute Gasteiger partial charge is 0.342 e. The number of halogens is 1. The van der Waals surface area contributed by atoms with Crippen LogP contribution in [0.4, 0.5) is 4.39 Å². The van der Waals surface area contributed by atoms with Crippen molar-refractivity contribution < 1.29 is 4.39 Å². The zero-order valence-corrected chi connectivity index (χ0v) is 8.56. The van der Waals surface area contributed by atoms with Gasteiger partial charge in [-0.3, -0.25) is 0 Å². The smallest absolute Gasteiger partial charge is 0.148 e. The number of nitrogens with one attached hydrogen (secondary N) is 1. The second kappa shape index (κ2) is 2.80. The predicted octanol–water partition coefficient (Wildman–Crippen LogP) is 3.00. The number of hydrogen-bond donors (Lipinski definition) is 1. The third kappa shape index (κ3) is 1.29. The number of rotatable bonds is 0. The summed E-state index contributed by atoms with van der Waals surface area (Å²) in [6, 6.07) is 3.29. The number of imidazole rings is 1. The molecule has 0 fully saturated rings. The van der Waals surface area contributed by atoms with Gasteiger partial charge in [-0.25, -0.2) is 9.37 Å². The Kier molecular flexibility index (Phi) is 1.84. The average Bonchev–Trinajstić information content (AvgIpc) is 2.50. The Morgan fingerprint density at radius 1 is 1.29 bits per heavy atom. The van der Waals surface area contributed by atoms with E-state index in [2.05, 4.69) is 30.7 Å². The first kappa shape index (κ1) is 9.19. The monoisotopic (exact) mass is 192 g/mol. The zero-order valence-electron chi connectivity index (χ0n) is 8.56. The minimum Gasteiger partial charge on any atom is -0.342 e. The molecule has 74 valence electrons. The zero-order chi connectivity index (χ0) is 10.3. The van der Waals surface area contributed by atoms with Gasteiger partial charge in [-0.2, -0.15) is 0 Å². The Morgan fingerprint density at radius 2 is 2.00 bits per heavy atom. The topological polar surface area (TPSA) is 28.7 Å². The molecule has 0 radical (unpaired) electrons. The van der Waals surface area contributed by atoms with Crippen molar-refractivity contribution >= 4 is 11.0 Å². The number of hydrogen-bond acceptors (Lipinski definition) is 1. The van der Waals surface area contributed by atoms with Gasteiger partial charge in [0, 0.05) is 0 Å². The van der Waals surface area contributed by atoms with E-state index in [1.807, 2.05) is 0 Å². The van der Waals surface area contributed by atoms with Gasteiger partial charge in [-0.1, -0.05) is 26.8 Å². The Hall–Kier alpha value is -1.38. The van der Waals surface area contributed by atoms with Gasteiger partial charge in [0.25, 0.3) is 0 Å². The minimum absolute atomic E-state index is 0.0128. The van der Waals surface area contributed by atoms with E-state index in [9.17, 15) is 4.39 Å². The summed E-state index contributed by atoms with van der Waals surface area (Å²) in [6.07, 6.45) is 1.53. The third-order valence-corrected chi connectivity index (χ3v) is 2.34. The standard InChI is InChI=1S/C11H13FN2/c1-11(2,3)7-4-5-8(12)10-9(7)13-6-14-10/h4-6H,1-3H3,(H,13,14). The fourth-order valence-corrected chi connectivity index (χ4v) is 1.60. The second-order valence-electron chi connectivity index (χ2n) is 4.47. The van der Waals surface area contributed by atoms with Crippen molar-refractivity contribution in [3.05, 3.63) is 29.8 Å². The summed E-state index contributed by atoms with van der Waals surface area (Å²) in [5.41, 5.74) is 2.28. The van der Waals surface area contributed by atoms with Crippen LogP contribution in [-0.4, -0.2) is 9.97 Å². The van der Waals surface area contributed by atoms with Crippen LogP contribution in [0.1, 0.15) is 26.3 Å². The molecule has 2 nitrogen and oxygen atoms in total. The minimum atomic E-state index is -0.245. The molecule has 1 N–H and O–H groups in total. The summed E-state index contributed by atoms with van der Waals surface area (Å²) >= 11 is 0. The Morgan fingerprint density at radius 3 is 2.64 bits per heavy atom. The molecule has 3 heteroatoms. The number of fused-ring (bicyclic) bond motifs is 1. The molecule has 0 amide bonds. The van der Waals surface area contributed by atoms with E-state index in [4.69, 9.17) is 0 Å². The van der Waals surface area contributed by atoms with Crippen molar-refractivity contribution in [1.82, 2.24) is 9.97 Å². The number of nitrogens with zero attached hydrogens (tertiary/aromatic N) is 1. The lowest BCUT2D eigenvalue weighted by Gasteiger charge is -2.19. The summed E-state index contributed by atoms with van der Waals surface area (Å²) in [4.78, 5) is 6.96. The van der Waals surface area contributed by atoms with Crippen molar-refractivity contribution in [3.63, 3.8) is 0 Å². The van der Waals surface area contributed by atoms with Crippen molar-refractivity contribution in [2.45, 2.75) is 26.2 Å². The molecule has 0 bridgehead atoms. The molecule has 14 heavy (non-hydrogen) atoms. The van der Waals surface area contributed by atoms with E-state index < -0.39 is 0 Å². The predicted molar refractivity (Wildman–Crippen MR) is 54.8 cm³/mol. The highest BCUT2D eigenvalue weighted by Gasteiger charge is 2.19. The van der Waals surface area contributed by atoms with Crippen LogP contribution in [0.3, 0.4) is 0 Å². The van der Waals surface area contributed by atoms with Gasteiger partial charge in [0.2, 0.25) is 0 Å². The van der Waals surface area contributed by atoms with Gasteiger partial charge in [0.1, 0.15) is 11.3 Å². The fraction of sp³-hybridized carbons (Fsp3) is 0.364. The quantitative estimate of drug-likeness (QED) is 0.683. The first-order valence-electron chi connectivity index (χ1n) is 4.62. The Labute approximate surface area is 82.2 Å². The molecule has 0 spiro atoms. The Balaban J connectivity index is 2.80. The van der Waals surface area contributed by atoms with E-state index in [1.165, 1.54) is 12.4 Å². The maximum absolute atomic E-state index is 13.3. The van der Waals surface area contributed by atoms with Gasteiger partial charge in [-0.15, -0.1) is 0 Å². The number of aromatic nitrogens is 2. The van der Waals surface area contributed by atoms with Crippen LogP contribution in [0.5, 0.6) is 0 Å². The lowest BCUT2D eigenvalue weighted by Crippen LogP contribution is -2.11. The molecule has 2 aromatic rings. The van der Waals surface area contributed by atoms with Crippen molar-refractivity contribution in [3.8, 4) is 0 Å². The van der Waals surface area contributed by atoms with Gasteiger partial charge in [0.15, 0.2) is 0 Å². The molecule has 1 heterocycles. The third-order valence-electron chi connectivity index (χ3n) is 2.34. The fourth-order valence-electron chi connectivity index (χ4n) is 1.60. The summed E-state index contributed by atoms with van der Waals surface area (Å²) in [5.74, 6) is -0.245. The molecule has 0 atom stereocenters. The first-order valence-corrected chi connectivity index (χ1v) is 4.62.